The number of hydrogen-bond acceptors (Lipinski definition) is 3. The molecular weight excluding hydrogens is 422 g/mol. The van der Waals surface area contributed by atoms with Gasteiger partial charge in [-0.2, -0.15) is 0 Å². The second-order valence-electron chi connectivity index (χ2n) is 8.67. The Labute approximate surface area is 174 Å². The molecule has 1 aromatic rings. The van der Waals surface area contributed by atoms with Gasteiger partial charge in [-0.25, -0.2) is 0 Å². The summed E-state index contributed by atoms with van der Waals surface area (Å²) in [6, 6.07) is 7.50. The van der Waals surface area contributed by atoms with E-state index in [4.69, 9.17) is 0 Å². The lowest BCUT2D eigenvalue weighted by atomic mass is 9.94. The molecule has 0 radical (unpaired) electrons. The molecule has 1 atom stereocenters. The first-order chi connectivity index (χ1) is 13.1. The molecule has 7 heteroatoms. The molecule has 0 saturated carbocycles. The lowest BCUT2D eigenvalue weighted by Gasteiger charge is -2.34. The number of hydrogen-bond donors (Lipinski definition) is 1. The minimum atomic E-state index is -0.264. The second kappa shape index (κ2) is 8.23. The van der Waals surface area contributed by atoms with Crippen molar-refractivity contribution in [1.29, 1.82) is 0 Å². The van der Waals surface area contributed by atoms with E-state index in [1.54, 1.807) is 4.90 Å². The molecule has 2 heterocycles. The molecule has 152 valence electrons. The smallest absolute Gasteiger partial charge is 0.227 e. The van der Waals surface area contributed by atoms with Crippen molar-refractivity contribution in [3.8, 4) is 0 Å². The number of nitrogens with one attached hydrogen (secondary N) is 1. The third-order valence-corrected chi connectivity index (χ3v) is 6.10. The zero-order valence-electron chi connectivity index (χ0n) is 16.7. The highest BCUT2D eigenvalue weighted by molar-refractivity contribution is 9.10. The van der Waals surface area contributed by atoms with Crippen LogP contribution >= 0.6 is 15.9 Å². The third kappa shape index (κ3) is 4.74. The lowest BCUT2D eigenvalue weighted by molar-refractivity contribution is -0.138. The molecule has 1 aromatic carbocycles. The maximum Gasteiger partial charge on any atom is 0.227 e. The Morgan fingerprint density at radius 2 is 1.68 bits per heavy atom. The van der Waals surface area contributed by atoms with E-state index in [0.717, 1.165) is 10.2 Å². The van der Waals surface area contributed by atoms with Crippen LogP contribution in [0.4, 0.5) is 5.69 Å². The van der Waals surface area contributed by atoms with Crippen LogP contribution in [-0.4, -0.2) is 52.7 Å². The Hall–Kier alpha value is -1.89. The second-order valence-corrected chi connectivity index (χ2v) is 9.59. The van der Waals surface area contributed by atoms with E-state index in [-0.39, 0.29) is 35.1 Å². The van der Waals surface area contributed by atoms with Gasteiger partial charge >= 0.3 is 0 Å². The number of anilines is 1. The first kappa shape index (κ1) is 20.8. The number of likely N-dealkylation sites (tertiary alicyclic amines) is 2. The topological polar surface area (TPSA) is 69.7 Å². The van der Waals surface area contributed by atoms with Crippen molar-refractivity contribution in [2.24, 2.45) is 11.8 Å². The molecule has 3 amide bonds. The summed E-state index contributed by atoms with van der Waals surface area (Å²) in [7, 11) is 0. The van der Waals surface area contributed by atoms with Crippen LogP contribution in [0.3, 0.4) is 0 Å². The first-order valence-electron chi connectivity index (χ1n) is 9.81. The van der Waals surface area contributed by atoms with Gasteiger partial charge in [0.15, 0.2) is 0 Å². The van der Waals surface area contributed by atoms with E-state index in [2.05, 4.69) is 21.2 Å². The van der Waals surface area contributed by atoms with E-state index in [9.17, 15) is 14.4 Å². The largest absolute Gasteiger partial charge is 0.342 e. The molecule has 2 saturated heterocycles. The molecule has 2 aliphatic rings. The minimum Gasteiger partial charge on any atom is -0.342 e. The number of halogens is 1. The summed E-state index contributed by atoms with van der Waals surface area (Å²) in [6.07, 6.45) is 1.59. The van der Waals surface area contributed by atoms with Crippen molar-refractivity contribution >= 4 is 39.3 Å². The number of amides is 3. The Kier molecular flexibility index (Phi) is 6.12. The summed E-state index contributed by atoms with van der Waals surface area (Å²) in [5, 5.41) is 2.95. The van der Waals surface area contributed by atoms with E-state index in [1.165, 1.54) is 0 Å². The zero-order chi connectivity index (χ0) is 20.5. The lowest BCUT2D eigenvalue weighted by Crippen LogP contribution is -2.46. The van der Waals surface area contributed by atoms with Crippen molar-refractivity contribution < 1.29 is 14.4 Å². The van der Waals surface area contributed by atoms with Gasteiger partial charge in [-0.1, -0.05) is 15.9 Å². The zero-order valence-corrected chi connectivity index (χ0v) is 18.3. The molecule has 0 aliphatic carbocycles. The monoisotopic (exact) mass is 449 g/mol. The molecule has 2 aliphatic heterocycles. The third-order valence-electron chi connectivity index (χ3n) is 5.57. The van der Waals surface area contributed by atoms with Crippen molar-refractivity contribution in [1.82, 2.24) is 9.80 Å². The molecule has 2 fully saturated rings. The van der Waals surface area contributed by atoms with Crippen molar-refractivity contribution in [3.63, 3.8) is 0 Å². The molecular formula is C21H28BrN3O3. The average Bonchev–Trinajstić information content (AvgIpc) is 3.05. The summed E-state index contributed by atoms with van der Waals surface area (Å²) in [5.41, 5.74) is 0.517. The van der Waals surface area contributed by atoms with Crippen LogP contribution in [0.15, 0.2) is 28.7 Å². The molecule has 3 rings (SSSR count). The molecule has 0 bridgehead atoms. The van der Waals surface area contributed by atoms with E-state index < -0.39 is 0 Å². The minimum absolute atomic E-state index is 0.00405. The number of piperidine rings is 1. The fourth-order valence-corrected chi connectivity index (χ4v) is 4.18. The summed E-state index contributed by atoms with van der Waals surface area (Å²) in [6.45, 7) is 7.61. The average molecular weight is 450 g/mol. The van der Waals surface area contributed by atoms with E-state index in [1.807, 2.05) is 49.9 Å². The Morgan fingerprint density at radius 1 is 1.07 bits per heavy atom. The SMILES string of the molecule is CC(C)(C)N1CC(C(=O)N2CCC(C(=O)Nc3ccc(Br)cc3)CC2)CC1=O. The number of nitrogens with zero attached hydrogens (tertiary/aromatic N) is 2. The van der Waals surface area contributed by atoms with Crippen LogP contribution < -0.4 is 5.32 Å². The first-order valence-corrected chi connectivity index (χ1v) is 10.6. The summed E-state index contributed by atoms with van der Waals surface area (Å²) >= 11 is 3.38. The van der Waals surface area contributed by atoms with Gasteiger partial charge in [-0.05, 0) is 57.9 Å². The number of rotatable bonds is 3. The van der Waals surface area contributed by atoms with Gasteiger partial charge in [0.2, 0.25) is 17.7 Å². The van der Waals surface area contributed by atoms with E-state index >= 15 is 0 Å². The number of carbonyl (C=O) groups is 3. The summed E-state index contributed by atoms with van der Waals surface area (Å²) in [5.74, 6) is -0.255. The molecule has 28 heavy (non-hydrogen) atoms. The number of carbonyl (C=O) groups excluding carboxylic acids is 3. The highest BCUT2D eigenvalue weighted by Gasteiger charge is 2.41. The Bertz CT molecular complexity index is 749. The molecule has 1 unspecified atom stereocenters. The van der Waals surface area contributed by atoms with Gasteiger partial charge in [0, 0.05) is 47.7 Å². The maximum absolute atomic E-state index is 12.9. The Balaban J connectivity index is 1.51. The summed E-state index contributed by atoms with van der Waals surface area (Å²) < 4.78 is 0.966. The molecule has 6 nitrogen and oxygen atoms in total. The van der Waals surface area contributed by atoms with Crippen LogP contribution in [0.1, 0.15) is 40.0 Å². The molecule has 0 spiro atoms. The van der Waals surface area contributed by atoms with Crippen molar-refractivity contribution in [3.05, 3.63) is 28.7 Å². The van der Waals surface area contributed by atoms with Gasteiger partial charge < -0.3 is 15.1 Å². The molecule has 1 N–H and O–H groups in total. The number of benzene rings is 1. The Morgan fingerprint density at radius 3 is 2.21 bits per heavy atom. The fourth-order valence-electron chi connectivity index (χ4n) is 3.92. The van der Waals surface area contributed by atoms with Crippen LogP contribution in [0, 0.1) is 11.8 Å². The predicted molar refractivity (Wildman–Crippen MR) is 112 cm³/mol. The normalized spacial score (nSPS) is 21.1. The quantitative estimate of drug-likeness (QED) is 0.769. The fraction of sp³-hybridized carbons (Fsp3) is 0.571. The van der Waals surface area contributed by atoms with Crippen molar-refractivity contribution in [2.45, 2.75) is 45.6 Å². The predicted octanol–water partition coefficient (Wildman–Crippen LogP) is 3.27. The van der Waals surface area contributed by atoms with Crippen molar-refractivity contribution in [2.75, 3.05) is 25.0 Å². The van der Waals surface area contributed by atoms with Crippen LogP contribution in [0.2, 0.25) is 0 Å². The van der Waals surface area contributed by atoms with Crippen LogP contribution in [-0.2, 0) is 14.4 Å². The highest BCUT2D eigenvalue weighted by atomic mass is 79.9. The maximum atomic E-state index is 12.9. The highest BCUT2D eigenvalue weighted by Crippen LogP contribution is 2.29. The van der Waals surface area contributed by atoms with Gasteiger partial charge in [-0.15, -0.1) is 0 Å². The van der Waals surface area contributed by atoms with Gasteiger partial charge in [0.25, 0.3) is 0 Å². The summed E-state index contributed by atoms with van der Waals surface area (Å²) in [4.78, 5) is 41.2. The van der Waals surface area contributed by atoms with Crippen LogP contribution in [0.25, 0.3) is 0 Å². The van der Waals surface area contributed by atoms with Crippen LogP contribution in [0.5, 0.6) is 0 Å². The van der Waals surface area contributed by atoms with Gasteiger partial charge in [0.05, 0.1) is 5.92 Å². The van der Waals surface area contributed by atoms with Gasteiger partial charge in [-0.3, -0.25) is 14.4 Å². The standard InChI is InChI=1S/C21H28BrN3O3/c1-21(2,3)25-13-15(12-18(25)26)20(28)24-10-8-14(9-11-24)19(27)23-17-6-4-16(22)5-7-17/h4-7,14-15H,8-13H2,1-3H3,(H,23,27). The van der Waals surface area contributed by atoms with E-state index in [0.29, 0.717) is 38.9 Å². The molecule has 0 aromatic heterocycles. The van der Waals surface area contributed by atoms with Gasteiger partial charge in [0.1, 0.15) is 0 Å².